The van der Waals surface area contributed by atoms with E-state index in [1.54, 1.807) is 29.5 Å². The topological polar surface area (TPSA) is 78.2 Å². The third kappa shape index (κ3) is 2.50. The van der Waals surface area contributed by atoms with Gasteiger partial charge in [-0.2, -0.15) is 0 Å². The van der Waals surface area contributed by atoms with E-state index in [9.17, 15) is 10.1 Å². The third-order valence-corrected chi connectivity index (χ3v) is 5.49. The molecule has 1 aliphatic carbocycles. The number of nitro groups is 1. The molecule has 3 aromatic rings. The maximum Gasteiger partial charge on any atom is 0.311 e. The first-order valence-corrected chi connectivity index (χ1v) is 8.61. The van der Waals surface area contributed by atoms with Crippen LogP contribution < -0.4 is 4.74 Å². The second-order valence-electron chi connectivity index (χ2n) is 6.04. The summed E-state index contributed by atoms with van der Waals surface area (Å²) in [5.74, 6) is 1.27. The Hall–Kier alpha value is -2.54. The van der Waals surface area contributed by atoms with Crippen LogP contribution in [0.1, 0.15) is 23.8 Å². The molecule has 0 radical (unpaired) electrons. The van der Waals surface area contributed by atoms with Crippen molar-refractivity contribution in [1.82, 2.24) is 9.97 Å². The van der Waals surface area contributed by atoms with Gasteiger partial charge in [-0.1, -0.05) is 19.1 Å². The second-order valence-corrected chi connectivity index (χ2v) is 7.12. The molecule has 24 heavy (non-hydrogen) atoms. The minimum Gasteiger partial charge on any atom is -0.431 e. The fourth-order valence-electron chi connectivity index (χ4n) is 3.12. The molecule has 0 bridgehead atoms. The van der Waals surface area contributed by atoms with Crippen LogP contribution in [0, 0.1) is 16.0 Å². The van der Waals surface area contributed by atoms with E-state index in [0.29, 0.717) is 11.8 Å². The van der Waals surface area contributed by atoms with Gasteiger partial charge in [0.25, 0.3) is 0 Å². The summed E-state index contributed by atoms with van der Waals surface area (Å²) in [7, 11) is 0. The molecule has 1 unspecified atom stereocenters. The fourth-order valence-corrected chi connectivity index (χ4v) is 4.46. The number of fused-ring (bicyclic) bond motifs is 3. The van der Waals surface area contributed by atoms with Crippen molar-refractivity contribution in [3.05, 3.63) is 51.1 Å². The minimum atomic E-state index is -0.446. The van der Waals surface area contributed by atoms with Crippen molar-refractivity contribution < 1.29 is 9.66 Å². The highest BCUT2D eigenvalue weighted by Crippen LogP contribution is 2.42. The lowest BCUT2D eigenvalue weighted by molar-refractivity contribution is -0.385. The summed E-state index contributed by atoms with van der Waals surface area (Å²) in [6.45, 7) is 2.25. The lowest BCUT2D eigenvalue weighted by atomic mass is 9.89. The number of nitrogens with zero attached hydrogens (tertiary/aromatic N) is 3. The highest BCUT2D eigenvalue weighted by molar-refractivity contribution is 7.18. The Bertz CT molecular complexity index is 938. The largest absolute Gasteiger partial charge is 0.431 e. The molecule has 1 atom stereocenters. The number of nitro benzene ring substituents is 1. The Morgan fingerprint density at radius 1 is 1.33 bits per heavy atom. The Morgan fingerprint density at radius 3 is 3.00 bits per heavy atom. The van der Waals surface area contributed by atoms with Gasteiger partial charge in [-0.05, 0) is 36.8 Å². The second kappa shape index (κ2) is 5.83. The molecule has 4 rings (SSSR count). The van der Waals surface area contributed by atoms with E-state index in [1.807, 2.05) is 0 Å². The van der Waals surface area contributed by atoms with Crippen LogP contribution in [-0.2, 0) is 12.8 Å². The maximum atomic E-state index is 11.2. The predicted octanol–water partition coefficient (Wildman–Crippen LogP) is 4.52. The zero-order valence-electron chi connectivity index (χ0n) is 13.1. The molecular weight excluding hydrogens is 326 g/mol. The van der Waals surface area contributed by atoms with Gasteiger partial charge in [0.15, 0.2) is 0 Å². The molecule has 122 valence electrons. The number of hydrogen-bond donors (Lipinski definition) is 0. The van der Waals surface area contributed by atoms with Crippen LogP contribution in [0.25, 0.3) is 10.2 Å². The lowest BCUT2D eigenvalue weighted by Crippen LogP contribution is -2.08. The summed E-state index contributed by atoms with van der Waals surface area (Å²) in [5, 5.41) is 12.1. The van der Waals surface area contributed by atoms with Gasteiger partial charge in [-0.25, -0.2) is 9.97 Å². The molecular formula is C17H15N3O3S. The zero-order chi connectivity index (χ0) is 16.7. The van der Waals surface area contributed by atoms with Gasteiger partial charge in [0.1, 0.15) is 11.2 Å². The number of rotatable bonds is 3. The summed E-state index contributed by atoms with van der Waals surface area (Å²) >= 11 is 1.67. The summed E-state index contributed by atoms with van der Waals surface area (Å²) in [6.07, 6.45) is 4.59. The van der Waals surface area contributed by atoms with E-state index in [2.05, 4.69) is 16.9 Å². The summed E-state index contributed by atoms with van der Waals surface area (Å²) < 4.78 is 5.85. The average molecular weight is 341 g/mol. The summed E-state index contributed by atoms with van der Waals surface area (Å²) in [4.78, 5) is 21.6. The molecule has 0 spiro atoms. The van der Waals surface area contributed by atoms with Gasteiger partial charge in [0.2, 0.25) is 11.6 Å². The fraction of sp³-hybridized carbons (Fsp3) is 0.294. The minimum absolute atomic E-state index is 0.0676. The molecule has 0 amide bonds. The van der Waals surface area contributed by atoms with Crippen molar-refractivity contribution in [3.63, 3.8) is 0 Å². The first-order chi connectivity index (χ1) is 11.6. The molecule has 2 aromatic heterocycles. The molecule has 7 heteroatoms. The first kappa shape index (κ1) is 15.0. The Kier molecular flexibility index (Phi) is 3.65. The van der Waals surface area contributed by atoms with E-state index >= 15 is 0 Å². The van der Waals surface area contributed by atoms with Crippen LogP contribution in [-0.4, -0.2) is 14.9 Å². The van der Waals surface area contributed by atoms with Crippen LogP contribution in [0.3, 0.4) is 0 Å². The molecule has 1 aliphatic rings. The average Bonchev–Trinajstić information content (AvgIpc) is 2.93. The number of para-hydroxylation sites is 2. The number of hydrogen-bond acceptors (Lipinski definition) is 6. The Morgan fingerprint density at radius 2 is 2.17 bits per heavy atom. The van der Waals surface area contributed by atoms with Crippen molar-refractivity contribution in [1.29, 1.82) is 0 Å². The molecule has 1 aromatic carbocycles. The number of thiophene rings is 1. The third-order valence-electron chi connectivity index (χ3n) is 4.33. The predicted molar refractivity (Wildman–Crippen MR) is 91.8 cm³/mol. The quantitative estimate of drug-likeness (QED) is 0.517. The number of ether oxygens (including phenoxy) is 1. The monoisotopic (exact) mass is 341 g/mol. The molecule has 0 saturated carbocycles. The van der Waals surface area contributed by atoms with Crippen molar-refractivity contribution in [2.75, 3.05) is 0 Å². The van der Waals surface area contributed by atoms with E-state index in [1.165, 1.54) is 22.8 Å². The van der Waals surface area contributed by atoms with Gasteiger partial charge >= 0.3 is 5.69 Å². The smallest absolute Gasteiger partial charge is 0.311 e. The van der Waals surface area contributed by atoms with Crippen molar-refractivity contribution in [3.8, 4) is 11.6 Å². The number of aromatic nitrogens is 2. The molecule has 0 saturated heterocycles. The van der Waals surface area contributed by atoms with Crippen LogP contribution >= 0.6 is 11.3 Å². The van der Waals surface area contributed by atoms with Gasteiger partial charge in [-0.3, -0.25) is 10.1 Å². The molecule has 0 N–H and O–H groups in total. The molecule has 2 heterocycles. The van der Waals surface area contributed by atoms with E-state index in [4.69, 9.17) is 4.74 Å². The normalized spacial score (nSPS) is 16.8. The Labute approximate surface area is 142 Å². The highest BCUT2D eigenvalue weighted by atomic mass is 32.1. The van der Waals surface area contributed by atoms with Gasteiger partial charge in [0.05, 0.1) is 10.3 Å². The van der Waals surface area contributed by atoms with Crippen LogP contribution in [0.15, 0.2) is 30.6 Å². The zero-order valence-corrected chi connectivity index (χ0v) is 13.9. The first-order valence-electron chi connectivity index (χ1n) is 7.80. The summed E-state index contributed by atoms with van der Waals surface area (Å²) in [6, 6.07) is 6.35. The lowest BCUT2D eigenvalue weighted by Gasteiger charge is -2.18. The molecule has 0 aliphatic heterocycles. The number of benzene rings is 1. The van der Waals surface area contributed by atoms with Crippen LogP contribution in [0.4, 0.5) is 5.69 Å². The Balaban J connectivity index is 1.82. The molecule has 0 fully saturated rings. The molecule has 6 nitrogen and oxygen atoms in total. The van der Waals surface area contributed by atoms with E-state index in [0.717, 1.165) is 29.5 Å². The van der Waals surface area contributed by atoms with E-state index < -0.39 is 4.92 Å². The summed E-state index contributed by atoms with van der Waals surface area (Å²) in [5.41, 5.74) is 1.17. The maximum absolute atomic E-state index is 11.2. The van der Waals surface area contributed by atoms with Gasteiger partial charge in [-0.15, -0.1) is 11.3 Å². The van der Waals surface area contributed by atoms with Gasteiger partial charge < -0.3 is 4.74 Å². The van der Waals surface area contributed by atoms with E-state index in [-0.39, 0.29) is 11.4 Å². The van der Waals surface area contributed by atoms with Crippen molar-refractivity contribution in [2.24, 2.45) is 5.92 Å². The van der Waals surface area contributed by atoms with Gasteiger partial charge in [0, 0.05) is 10.9 Å². The standard InChI is InChI=1S/C17H15N3O3S/c1-10-6-7-11-14(8-10)24-17-15(11)16(18-9-19-17)23-13-5-3-2-4-12(13)20(21)22/h2-5,9-10H,6-8H2,1H3. The van der Waals surface area contributed by atoms with Crippen LogP contribution in [0.2, 0.25) is 0 Å². The SMILES string of the molecule is CC1CCc2c(sc3ncnc(Oc4ccccc4[N+](=O)[O-])c23)C1. The van der Waals surface area contributed by atoms with Crippen molar-refractivity contribution in [2.45, 2.75) is 26.2 Å². The highest BCUT2D eigenvalue weighted by Gasteiger charge is 2.25. The van der Waals surface area contributed by atoms with Crippen LogP contribution in [0.5, 0.6) is 11.6 Å². The van der Waals surface area contributed by atoms with Crippen molar-refractivity contribution >= 4 is 27.2 Å². The number of aryl methyl sites for hydroxylation is 1.